The van der Waals surface area contributed by atoms with Crippen LogP contribution in [0.1, 0.15) is 11.6 Å². The normalized spacial score (nSPS) is 12.2. The third kappa shape index (κ3) is 3.69. The molecule has 2 nitrogen and oxygen atoms in total. The van der Waals surface area contributed by atoms with E-state index in [4.69, 9.17) is 11.6 Å². The molecular weight excluding hydrogens is 333 g/mol. The molecule has 0 saturated carbocycles. The summed E-state index contributed by atoms with van der Waals surface area (Å²) in [6.07, 6.45) is 0. The summed E-state index contributed by atoms with van der Waals surface area (Å²) >= 11 is 9.02. The molecule has 0 spiro atoms. The number of aliphatic hydroxyl groups excluding tert-OH is 1. The van der Waals surface area contributed by atoms with Gasteiger partial charge in [0.2, 0.25) is 0 Å². The fourth-order valence-electron chi connectivity index (χ4n) is 1.74. The molecule has 0 aliphatic heterocycles. The van der Waals surface area contributed by atoms with Gasteiger partial charge in [0.1, 0.15) is 5.82 Å². The largest absolute Gasteiger partial charge is 0.394 e. The van der Waals surface area contributed by atoms with Crippen LogP contribution in [0.3, 0.4) is 0 Å². The molecule has 2 rings (SSSR count). The zero-order valence-electron chi connectivity index (χ0n) is 9.91. The van der Waals surface area contributed by atoms with Crippen LogP contribution in [0.25, 0.3) is 0 Å². The first kappa shape index (κ1) is 14.3. The van der Waals surface area contributed by atoms with Gasteiger partial charge in [0, 0.05) is 10.2 Å². The molecule has 2 aromatic carbocycles. The van der Waals surface area contributed by atoms with Gasteiger partial charge in [-0.2, -0.15) is 0 Å². The van der Waals surface area contributed by atoms with Crippen molar-refractivity contribution in [3.05, 3.63) is 63.3 Å². The predicted molar refractivity (Wildman–Crippen MR) is 79.0 cm³/mol. The molecule has 2 aromatic rings. The summed E-state index contributed by atoms with van der Waals surface area (Å²) < 4.78 is 14.4. The average molecular weight is 345 g/mol. The van der Waals surface area contributed by atoms with Crippen molar-refractivity contribution in [2.24, 2.45) is 0 Å². The Morgan fingerprint density at radius 1 is 1.26 bits per heavy atom. The lowest BCUT2D eigenvalue weighted by molar-refractivity contribution is 0.276. The van der Waals surface area contributed by atoms with E-state index in [1.54, 1.807) is 6.07 Å². The van der Waals surface area contributed by atoms with Gasteiger partial charge in [-0.15, -0.1) is 0 Å². The van der Waals surface area contributed by atoms with Crippen molar-refractivity contribution in [3.63, 3.8) is 0 Å². The van der Waals surface area contributed by atoms with E-state index in [-0.39, 0.29) is 17.7 Å². The maximum Gasteiger partial charge on any atom is 0.142 e. The number of anilines is 1. The maximum atomic E-state index is 13.4. The summed E-state index contributed by atoms with van der Waals surface area (Å²) in [6, 6.07) is 11.7. The summed E-state index contributed by atoms with van der Waals surface area (Å²) in [5, 5.41) is 12.7. The first-order chi connectivity index (χ1) is 9.10. The van der Waals surface area contributed by atoms with E-state index >= 15 is 0 Å². The van der Waals surface area contributed by atoms with Crippen LogP contribution in [-0.4, -0.2) is 11.7 Å². The average Bonchev–Trinajstić information content (AvgIpc) is 2.39. The molecule has 0 saturated heterocycles. The second-order valence-electron chi connectivity index (χ2n) is 4.06. The molecule has 100 valence electrons. The Hall–Kier alpha value is -1.10. The van der Waals surface area contributed by atoms with Gasteiger partial charge in [0.25, 0.3) is 0 Å². The third-order valence-electron chi connectivity index (χ3n) is 2.69. The highest BCUT2D eigenvalue weighted by Crippen LogP contribution is 2.24. The zero-order valence-corrected chi connectivity index (χ0v) is 12.2. The Morgan fingerprint density at radius 2 is 2.05 bits per heavy atom. The highest BCUT2D eigenvalue weighted by Gasteiger charge is 2.12. The summed E-state index contributed by atoms with van der Waals surface area (Å²) in [7, 11) is 0. The van der Waals surface area contributed by atoms with E-state index in [1.165, 1.54) is 12.1 Å². The lowest BCUT2D eigenvalue weighted by Gasteiger charge is -2.18. The number of nitrogens with one attached hydrogen (secondary N) is 1. The van der Waals surface area contributed by atoms with Crippen LogP contribution in [0.2, 0.25) is 5.02 Å². The molecule has 5 heteroatoms. The van der Waals surface area contributed by atoms with Crippen LogP contribution in [-0.2, 0) is 0 Å². The van der Waals surface area contributed by atoms with Crippen molar-refractivity contribution >= 4 is 33.2 Å². The maximum absolute atomic E-state index is 13.4. The molecule has 0 fully saturated rings. The Labute approximate surface area is 124 Å². The molecule has 0 heterocycles. The van der Waals surface area contributed by atoms with Gasteiger partial charge in [0.15, 0.2) is 0 Å². The molecule has 0 amide bonds. The van der Waals surface area contributed by atoms with Gasteiger partial charge in [-0.05, 0) is 35.9 Å². The monoisotopic (exact) mass is 343 g/mol. The second kappa shape index (κ2) is 6.37. The lowest BCUT2D eigenvalue weighted by atomic mass is 10.1. The molecule has 0 aliphatic carbocycles. The Bertz CT molecular complexity index is 579. The van der Waals surface area contributed by atoms with Gasteiger partial charge in [0.05, 0.1) is 17.7 Å². The number of benzene rings is 2. The van der Waals surface area contributed by atoms with Crippen molar-refractivity contribution in [1.29, 1.82) is 0 Å². The van der Waals surface area contributed by atoms with Crippen LogP contribution in [0.4, 0.5) is 10.1 Å². The lowest BCUT2D eigenvalue weighted by Crippen LogP contribution is -2.15. The molecule has 0 aromatic heterocycles. The van der Waals surface area contributed by atoms with Crippen molar-refractivity contribution in [2.45, 2.75) is 6.04 Å². The van der Waals surface area contributed by atoms with Crippen molar-refractivity contribution < 1.29 is 9.50 Å². The summed E-state index contributed by atoms with van der Waals surface area (Å²) in [5.74, 6) is -0.492. The van der Waals surface area contributed by atoms with Crippen LogP contribution < -0.4 is 5.32 Å². The Balaban J connectivity index is 2.22. The molecule has 19 heavy (non-hydrogen) atoms. The highest BCUT2D eigenvalue weighted by atomic mass is 79.9. The van der Waals surface area contributed by atoms with Crippen LogP contribution in [0.5, 0.6) is 0 Å². The molecule has 1 atom stereocenters. The molecule has 2 N–H and O–H groups in total. The minimum Gasteiger partial charge on any atom is -0.394 e. The zero-order chi connectivity index (χ0) is 13.8. The molecule has 0 radical (unpaired) electrons. The van der Waals surface area contributed by atoms with Crippen LogP contribution in [0, 0.1) is 5.82 Å². The van der Waals surface area contributed by atoms with Crippen molar-refractivity contribution in [1.82, 2.24) is 0 Å². The number of halogens is 3. The topological polar surface area (TPSA) is 32.3 Å². The van der Waals surface area contributed by atoms with E-state index in [0.717, 1.165) is 10.2 Å². The highest BCUT2D eigenvalue weighted by molar-refractivity contribution is 9.10. The minimum absolute atomic E-state index is 0.0721. The number of rotatable bonds is 4. The van der Waals surface area contributed by atoms with Gasteiger partial charge >= 0.3 is 0 Å². The van der Waals surface area contributed by atoms with E-state index in [1.807, 2.05) is 24.3 Å². The second-order valence-corrected chi connectivity index (χ2v) is 5.39. The Morgan fingerprint density at radius 3 is 2.68 bits per heavy atom. The van der Waals surface area contributed by atoms with Crippen LogP contribution >= 0.6 is 27.5 Å². The first-order valence-corrected chi connectivity index (χ1v) is 6.85. The van der Waals surface area contributed by atoms with Gasteiger partial charge in [-0.1, -0.05) is 39.7 Å². The summed E-state index contributed by atoms with van der Waals surface area (Å²) in [5.41, 5.74) is 1.48. The smallest absolute Gasteiger partial charge is 0.142 e. The summed E-state index contributed by atoms with van der Waals surface area (Å²) in [4.78, 5) is 0. The number of hydrogen-bond acceptors (Lipinski definition) is 2. The SMILES string of the molecule is OCC(Nc1cccc(Br)c1)c1ccc(Cl)c(F)c1. The van der Waals surface area contributed by atoms with Gasteiger partial charge in [-0.25, -0.2) is 4.39 Å². The van der Waals surface area contributed by atoms with E-state index in [0.29, 0.717) is 5.56 Å². The van der Waals surface area contributed by atoms with Crippen LogP contribution in [0.15, 0.2) is 46.9 Å². The fourth-order valence-corrected chi connectivity index (χ4v) is 2.26. The Kier molecular flexibility index (Phi) is 4.80. The quantitative estimate of drug-likeness (QED) is 0.862. The van der Waals surface area contributed by atoms with E-state index in [9.17, 15) is 9.50 Å². The third-order valence-corrected chi connectivity index (χ3v) is 3.49. The molecule has 0 aliphatic rings. The number of hydrogen-bond donors (Lipinski definition) is 2. The minimum atomic E-state index is -0.492. The van der Waals surface area contributed by atoms with E-state index < -0.39 is 5.82 Å². The van der Waals surface area contributed by atoms with Gasteiger partial charge < -0.3 is 10.4 Å². The predicted octanol–water partition coefficient (Wildman–Crippen LogP) is 4.39. The summed E-state index contributed by atoms with van der Waals surface area (Å²) in [6.45, 7) is -0.145. The molecular formula is C14H12BrClFNO. The van der Waals surface area contributed by atoms with Crippen molar-refractivity contribution in [2.75, 3.05) is 11.9 Å². The fraction of sp³-hybridized carbons (Fsp3) is 0.143. The molecule has 0 bridgehead atoms. The van der Waals surface area contributed by atoms with Gasteiger partial charge in [-0.3, -0.25) is 0 Å². The molecule has 1 unspecified atom stereocenters. The number of aliphatic hydroxyl groups is 1. The first-order valence-electron chi connectivity index (χ1n) is 5.68. The van der Waals surface area contributed by atoms with E-state index in [2.05, 4.69) is 21.2 Å². The van der Waals surface area contributed by atoms with Crippen molar-refractivity contribution in [3.8, 4) is 0 Å². The standard InChI is InChI=1S/C14H12BrClFNO/c15-10-2-1-3-11(7-10)18-14(8-19)9-4-5-12(16)13(17)6-9/h1-7,14,18-19H,8H2.